The third kappa shape index (κ3) is 7.26. The van der Waals surface area contributed by atoms with E-state index in [2.05, 4.69) is 15.3 Å². The van der Waals surface area contributed by atoms with Crippen LogP contribution in [0.3, 0.4) is 0 Å². The van der Waals surface area contributed by atoms with E-state index in [1.165, 1.54) is 0 Å². The Morgan fingerprint density at radius 2 is 2.05 bits per heavy atom. The SMILES string of the molecule is CCN(CC)C(N)=NCCC(=O)Nc1cccc(C)n1.I. The van der Waals surface area contributed by atoms with Gasteiger partial charge >= 0.3 is 0 Å². The minimum Gasteiger partial charge on any atom is -0.370 e. The highest BCUT2D eigenvalue weighted by molar-refractivity contribution is 14.0. The van der Waals surface area contributed by atoms with Gasteiger partial charge in [-0.1, -0.05) is 6.07 Å². The van der Waals surface area contributed by atoms with Gasteiger partial charge in [0.2, 0.25) is 5.91 Å². The zero-order chi connectivity index (χ0) is 15.0. The van der Waals surface area contributed by atoms with Gasteiger partial charge in [0, 0.05) is 25.2 Å². The number of carbonyl (C=O) groups excluding carboxylic acids is 1. The van der Waals surface area contributed by atoms with Crippen LogP contribution in [0.2, 0.25) is 0 Å². The summed E-state index contributed by atoms with van der Waals surface area (Å²) < 4.78 is 0. The first-order valence-corrected chi connectivity index (χ1v) is 6.85. The summed E-state index contributed by atoms with van der Waals surface area (Å²) in [7, 11) is 0. The average Bonchev–Trinajstić information content (AvgIpc) is 2.40. The van der Waals surface area contributed by atoms with Crippen LogP contribution >= 0.6 is 24.0 Å². The Kier molecular flexibility index (Phi) is 9.68. The Labute approximate surface area is 143 Å². The minimum absolute atomic E-state index is 0. The van der Waals surface area contributed by atoms with Crippen molar-refractivity contribution in [2.75, 3.05) is 25.0 Å². The van der Waals surface area contributed by atoms with Crippen molar-refractivity contribution in [3.63, 3.8) is 0 Å². The average molecular weight is 405 g/mol. The molecule has 1 amide bonds. The summed E-state index contributed by atoms with van der Waals surface area (Å²) in [5, 5.41) is 2.74. The monoisotopic (exact) mass is 405 g/mol. The molecule has 0 bridgehead atoms. The van der Waals surface area contributed by atoms with Crippen LogP contribution in [-0.4, -0.2) is 41.4 Å². The summed E-state index contributed by atoms with van der Waals surface area (Å²) in [5.41, 5.74) is 6.70. The first-order chi connectivity index (χ1) is 9.56. The van der Waals surface area contributed by atoms with Crippen molar-refractivity contribution in [3.05, 3.63) is 23.9 Å². The number of hydrogen-bond donors (Lipinski definition) is 2. The fourth-order valence-corrected chi connectivity index (χ4v) is 1.74. The van der Waals surface area contributed by atoms with Gasteiger partial charge in [0.25, 0.3) is 0 Å². The Morgan fingerprint density at radius 1 is 1.38 bits per heavy atom. The second-order valence-electron chi connectivity index (χ2n) is 4.37. The van der Waals surface area contributed by atoms with Crippen molar-refractivity contribution in [2.24, 2.45) is 10.7 Å². The van der Waals surface area contributed by atoms with Crippen LogP contribution < -0.4 is 11.1 Å². The number of nitrogens with two attached hydrogens (primary N) is 1. The van der Waals surface area contributed by atoms with E-state index in [-0.39, 0.29) is 36.3 Å². The maximum absolute atomic E-state index is 11.7. The molecule has 0 aromatic carbocycles. The van der Waals surface area contributed by atoms with Crippen molar-refractivity contribution < 1.29 is 4.79 Å². The van der Waals surface area contributed by atoms with E-state index < -0.39 is 0 Å². The van der Waals surface area contributed by atoms with Gasteiger partial charge in [0.1, 0.15) is 5.82 Å². The maximum atomic E-state index is 11.7. The van der Waals surface area contributed by atoms with Crippen molar-refractivity contribution in [1.82, 2.24) is 9.88 Å². The molecule has 0 fully saturated rings. The third-order valence-electron chi connectivity index (χ3n) is 2.86. The van der Waals surface area contributed by atoms with E-state index in [9.17, 15) is 4.79 Å². The van der Waals surface area contributed by atoms with Gasteiger partial charge in [-0.3, -0.25) is 9.79 Å². The van der Waals surface area contributed by atoms with Gasteiger partial charge in [0.15, 0.2) is 5.96 Å². The van der Waals surface area contributed by atoms with Crippen LogP contribution in [-0.2, 0) is 4.79 Å². The van der Waals surface area contributed by atoms with E-state index in [1.807, 2.05) is 37.8 Å². The Hall–Kier alpha value is -1.38. The summed E-state index contributed by atoms with van der Waals surface area (Å²) in [4.78, 5) is 22.1. The van der Waals surface area contributed by atoms with E-state index in [0.29, 0.717) is 18.3 Å². The molecule has 0 unspecified atom stereocenters. The lowest BCUT2D eigenvalue weighted by molar-refractivity contribution is -0.116. The topological polar surface area (TPSA) is 83.6 Å². The molecule has 7 heteroatoms. The number of nitrogens with one attached hydrogen (secondary N) is 1. The highest BCUT2D eigenvalue weighted by Gasteiger charge is 2.05. The summed E-state index contributed by atoms with van der Waals surface area (Å²) in [6, 6.07) is 5.50. The second kappa shape index (κ2) is 10.4. The summed E-state index contributed by atoms with van der Waals surface area (Å²) >= 11 is 0. The van der Waals surface area contributed by atoms with Crippen molar-refractivity contribution >= 4 is 41.7 Å². The molecule has 21 heavy (non-hydrogen) atoms. The molecule has 0 saturated heterocycles. The van der Waals surface area contributed by atoms with E-state index >= 15 is 0 Å². The Morgan fingerprint density at radius 3 is 2.62 bits per heavy atom. The molecule has 6 nitrogen and oxygen atoms in total. The molecular formula is C14H24IN5O. The molecule has 0 spiro atoms. The molecule has 1 heterocycles. The van der Waals surface area contributed by atoms with Crippen molar-refractivity contribution in [3.8, 4) is 0 Å². The van der Waals surface area contributed by atoms with Gasteiger partial charge < -0.3 is 16.0 Å². The molecule has 0 saturated carbocycles. The largest absolute Gasteiger partial charge is 0.370 e. The number of rotatable bonds is 6. The zero-order valence-corrected chi connectivity index (χ0v) is 15.1. The zero-order valence-electron chi connectivity index (χ0n) is 12.8. The highest BCUT2D eigenvalue weighted by atomic mass is 127. The van der Waals surface area contributed by atoms with Gasteiger partial charge in [-0.05, 0) is 32.9 Å². The van der Waals surface area contributed by atoms with E-state index in [4.69, 9.17) is 5.73 Å². The third-order valence-corrected chi connectivity index (χ3v) is 2.86. The fourth-order valence-electron chi connectivity index (χ4n) is 1.74. The number of aromatic nitrogens is 1. The number of pyridine rings is 1. The van der Waals surface area contributed by atoms with Crippen LogP contribution in [0.25, 0.3) is 0 Å². The van der Waals surface area contributed by atoms with Crippen LogP contribution in [0.5, 0.6) is 0 Å². The van der Waals surface area contributed by atoms with Crippen LogP contribution in [0.15, 0.2) is 23.2 Å². The number of nitrogens with zero attached hydrogens (tertiary/aromatic N) is 3. The molecule has 118 valence electrons. The molecule has 1 aromatic heterocycles. The second-order valence-corrected chi connectivity index (χ2v) is 4.37. The Bertz CT molecular complexity index is 474. The van der Waals surface area contributed by atoms with Crippen molar-refractivity contribution in [2.45, 2.75) is 27.2 Å². The van der Waals surface area contributed by atoms with Gasteiger partial charge in [0.05, 0.1) is 6.54 Å². The number of guanidine groups is 1. The number of aryl methyl sites for hydroxylation is 1. The molecule has 1 rings (SSSR count). The van der Waals surface area contributed by atoms with Crippen LogP contribution in [0.1, 0.15) is 26.0 Å². The highest BCUT2D eigenvalue weighted by Crippen LogP contribution is 2.04. The standard InChI is InChI=1S/C14H23N5O.HI/c1-4-19(5-2)14(15)16-10-9-13(20)18-12-8-6-7-11(3)17-12;/h6-8H,4-5,9-10H2,1-3H3,(H2,15,16)(H,17,18,20);1H. The fraction of sp³-hybridized carbons (Fsp3) is 0.500. The number of amides is 1. The van der Waals surface area contributed by atoms with Crippen LogP contribution in [0.4, 0.5) is 5.82 Å². The minimum atomic E-state index is -0.112. The lowest BCUT2D eigenvalue weighted by atomic mass is 10.3. The summed E-state index contributed by atoms with van der Waals surface area (Å²) in [6.45, 7) is 7.91. The van der Waals surface area contributed by atoms with Gasteiger partial charge in [-0.2, -0.15) is 0 Å². The Balaban J connectivity index is 0.00000400. The number of hydrogen-bond acceptors (Lipinski definition) is 3. The number of carbonyl (C=O) groups is 1. The number of halogens is 1. The predicted octanol–water partition coefficient (Wildman–Crippen LogP) is 1.99. The molecule has 0 aliphatic rings. The lowest BCUT2D eigenvalue weighted by Gasteiger charge is -2.19. The molecule has 0 radical (unpaired) electrons. The maximum Gasteiger partial charge on any atom is 0.227 e. The summed E-state index contributed by atoms with van der Waals surface area (Å²) in [6.07, 6.45) is 0.289. The summed E-state index contributed by atoms with van der Waals surface area (Å²) in [5.74, 6) is 0.936. The van der Waals surface area contributed by atoms with Gasteiger partial charge in [-0.25, -0.2) is 4.98 Å². The first kappa shape index (κ1) is 19.6. The molecule has 1 aromatic rings. The predicted molar refractivity (Wildman–Crippen MR) is 97.0 cm³/mol. The molecule has 0 aliphatic heterocycles. The van der Waals surface area contributed by atoms with Gasteiger partial charge in [-0.15, -0.1) is 24.0 Å². The smallest absolute Gasteiger partial charge is 0.227 e. The van der Waals surface area contributed by atoms with Crippen LogP contribution in [0, 0.1) is 6.92 Å². The van der Waals surface area contributed by atoms with E-state index in [0.717, 1.165) is 18.8 Å². The van der Waals surface area contributed by atoms with E-state index in [1.54, 1.807) is 6.07 Å². The molecular weight excluding hydrogens is 381 g/mol. The first-order valence-electron chi connectivity index (χ1n) is 6.85. The number of anilines is 1. The molecule has 0 aliphatic carbocycles. The molecule has 0 atom stereocenters. The normalized spacial score (nSPS) is 10.7. The van der Waals surface area contributed by atoms with Crippen molar-refractivity contribution in [1.29, 1.82) is 0 Å². The quantitative estimate of drug-likeness (QED) is 0.431. The lowest BCUT2D eigenvalue weighted by Crippen LogP contribution is -2.37. The number of aliphatic imine (C=N–C) groups is 1. The molecule has 3 N–H and O–H groups in total.